The number of rotatable bonds is 8. The molecule has 9 heteroatoms. The van der Waals surface area contributed by atoms with Crippen molar-refractivity contribution in [2.24, 2.45) is 5.14 Å². The summed E-state index contributed by atoms with van der Waals surface area (Å²) in [5.41, 5.74) is 3.69. The van der Waals surface area contributed by atoms with Gasteiger partial charge in [-0.3, -0.25) is 9.48 Å². The normalized spacial score (nSPS) is 11.7. The van der Waals surface area contributed by atoms with Crippen LogP contribution in [0.4, 0.5) is 0 Å². The number of nitrogens with two attached hydrogens (primary N) is 1. The summed E-state index contributed by atoms with van der Waals surface area (Å²) in [5.74, 6) is -0.296. The molecule has 0 saturated carbocycles. The maximum Gasteiger partial charge on any atom is 0.247 e. The zero-order chi connectivity index (χ0) is 23.3. The molecule has 0 aliphatic rings. The zero-order valence-corrected chi connectivity index (χ0v) is 19.2. The average Bonchev–Trinajstić information content (AvgIpc) is 3.45. The van der Waals surface area contributed by atoms with Crippen molar-refractivity contribution in [3.8, 4) is 11.3 Å². The van der Waals surface area contributed by atoms with E-state index in [1.807, 2.05) is 71.5 Å². The van der Waals surface area contributed by atoms with Crippen LogP contribution in [0.15, 0.2) is 89.3 Å². The number of aromatic nitrogens is 2. The number of hydrogen-bond donors (Lipinski definition) is 2. The van der Waals surface area contributed by atoms with Crippen LogP contribution in [-0.4, -0.2) is 24.1 Å². The summed E-state index contributed by atoms with van der Waals surface area (Å²) in [4.78, 5) is 13.1. The van der Waals surface area contributed by atoms with Crippen LogP contribution in [-0.2, 0) is 27.9 Å². The van der Waals surface area contributed by atoms with Crippen molar-refractivity contribution in [3.05, 3.63) is 101 Å². The molecule has 2 heterocycles. The molecule has 168 valence electrons. The highest BCUT2D eigenvalue weighted by Gasteiger charge is 2.12. The number of sulfonamides is 1. The Kier molecular flexibility index (Phi) is 6.83. The van der Waals surface area contributed by atoms with Gasteiger partial charge in [-0.15, -0.1) is 11.3 Å². The Labute approximate surface area is 196 Å². The number of primary sulfonamides is 1. The fourth-order valence-corrected chi connectivity index (χ4v) is 4.95. The minimum Gasteiger partial charge on any atom is -0.348 e. The molecule has 0 saturated heterocycles. The highest BCUT2D eigenvalue weighted by atomic mass is 32.2. The van der Waals surface area contributed by atoms with Crippen molar-refractivity contribution in [1.29, 1.82) is 0 Å². The third-order valence-corrected chi connectivity index (χ3v) is 7.32. The summed E-state index contributed by atoms with van der Waals surface area (Å²) >= 11 is 1.04. The van der Waals surface area contributed by atoms with E-state index in [0.29, 0.717) is 11.4 Å². The average molecular weight is 479 g/mol. The van der Waals surface area contributed by atoms with E-state index in [0.717, 1.165) is 33.7 Å². The standard InChI is InChI=1S/C24H22N4O3S2/c25-33(30,31)23-14-12-21(32-23)15-26-22(29)13-11-20-17-28(16-18-7-3-1-4-8-18)27-24(20)19-9-5-2-6-10-19/h1-14,17H,15-16H2,(H,26,29)(H2,25,30,31). The van der Waals surface area contributed by atoms with Gasteiger partial charge in [-0.05, 0) is 23.8 Å². The first kappa shape index (κ1) is 22.7. The molecule has 3 N–H and O–H groups in total. The monoisotopic (exact) mass is 478 g/mol. The van der Waals surface area contributed by atoms with Gasteiger partial charge in [0.25, 0.3) is 0 Å². The van der Waals surface area contributed by atoms with Gasteiger partial charge in [0.2, 0.25) is 15.9 Å². The molecule has 2 aromatic heterocycles. The van der Waals surface area contributed by atoms with Crippen molar-refractivity contribution >= 4 is 33.3 Å². The van der Waals surface area contributed by atoms with Gasteiger partial charge in [-0.1, -0.05) is 60.7 Å². The van der Waals surface area contributed by atoms with Crippen LogP contribution in [0.1, 0.15) is 16.0 Å². The molecule has 7 nitrogen and oxygen atoms in total. The first-order chi connectivity index (χ1) is 15.9. The Morgan fingerprint density at radius 1 is 1.03 bits per heavy atom. The molecule has 4 rings (SSSR count). The smallest absolute Gasteiger partial charge is 0.247 e. The van der Waals surface area contributed by atoms with Crippen LogP contribution in [0.2, 0.25) is 0 Å². The second-order valence-electron chi connectivity index (χ2n) is 7.30. The Balaban J connectivity index is 1.49. The van der Waals surface area contributed by atoms with Crippen LogP contribution in [0, 0.1) is 0 Å². The number of carbonyl (C=O) groups is 1. The van der Waals surface area contributed by atoms with E-state index in [2.05, 4.69) is 5.32 Å². The van der Waals surface area contributed by atoms with Crippen LogP contribution in [0.5, 0.6) is 0 Å². The van der Waals surface area contributed by atoms with Crippen molar-refractivity contribution < 1.29 is 13.2 Å². The number of nitrogens with zero attached hydrogens (tertiary/aromatic N) is 2. The minimum atomic E-state index is -3.74. The molecule has 0 fully saturated rings. The van der Waals surface area contributed by atoms with Crippen LogP contribution in [0.3, 0.4) is 0 Å². The lowest BCUT2D eigenvalue weighted by molar-refractivity contribution is -0.116. The first-order valence-electron chi connectivity index (χ1n) is 10.1. The van der Waals surface area contributed by atoms with E-state index < -0.39 is 10.0 Å². The van der Waals surface area contributed by atoms with Crippen molar-refractivity contribution in [2.45, 2.75) is 17.3 Å². The van der Waals surface area contributed by atoms with Gasteiger partial charge in [-0.25, -0.2) is 13.6 Å². The van der Waals surface area contributed by atoms with Crippen molar-refractivity contribution in [3.63, 3.8) is 0 Å². The predicted molar refractivity (Wildman–Crippen MR) is 130 cm³/mol. The third-order valence-electron chi connectivity index (χ3n) is 4.79. The molecule has 2 aromatic carbocycles. The Morgan fingerprint density at radius 2 is 1.73 bits per heavy atom. The summed E-state index contributed by atoms with van der Waals surface area (Å²) in [6, 6.07) is 22.9. The third kappa shape index (κ3) is 6.04. The van der Waals surface area contributed by atoms with Crippen LogP contribution >= 0.6 is 11.3 Å². The zero-order valence-electron chi connectivity index (χ0n) is 17.6. The lowest BCUT2D eigenvalue weighted by atomic mass is 10.1. The highest BCUT2D eigenvalue weighted by Crippen LogP contribution is 2.24. The Morgan fingerprint density at radius 3 is 2.39 bits per heavy atom. The maximum atomic E-state index is 12.4. The largest absolute Gasteiger partial charge is 0.348 e. The summed E-state index contributed by atoms with van der Waals surface area (Å²) in [5, 5.41) is 12.6. The minimum absolute atomic E-state index is 0.0700. The van der Waals surface area contributed by atoms with E-state index in [4.69, 9.17) is 10.2 Å². The lowest BCUT2D eigenvalue weighted by Crippen LogP contribution is -2.19. The SMILES string of the molecule is NS(=O)(=O)c1ccc(CNC(=O)C=Cc2cn(Cc3ccccc3)nc2-c2ccccc2)s1. The topological polar surface area (TPSA) is 107 Å². The quantitative estimate of drug-likeness (QED) is 0.377. The lowest BCUT2D eigenvalue weighted by Gasteiger charge is -2.01. The molecule has 0 radical (unpaired) electrons. The molecule has 0 bridgehead atoms. The van der Waals surface area contributed by atoms with E-state index in [1.165, 1.54) is 12.1 Å². The molecule has 0 unspecified atom stereocenters. The Hall–Kier alpha value is -3.53. The number of amides is 1. The predicted octanol–water partition coefficient (Wildman–Crippen LogP) is 3.64. The number of thiophene rings is 1. The van der Waals surface area contributed by atoms with Crippen LogP contribution < -0.4 is 10.5 Å². The molecule has 0 aliphatic carbocycles. The highest BCUT2D eigenvalue weighted by molar-refractivity contribution is 7.91. The number of hydrogen-bond acceptors (Lipinski definition) is 5. The summed E-state index contributed by atoms with van der Waals surface area (Å²) < 4.78 is 24.7. The van der Waals surface area contributed by atoms with Gasteiger partial charge in [0.15, 0.2) is 0 Å². The van der Waals surface area contributed by atoms with Gasteiger partial charge in [0.1, 0.15) is 4.21 Å². The summed E-state index contributed by atoms with van der Waals surface area (Å²) in [6.07, 6.45) is 5.09. The molecule has 4 aromatic rings. The number of benzene rings is 2. The van der Waals surface area contributed by atoms with E-state index >= 15 is 0 Å². The molecular formula is C24H22N4O3S2. The van der Waals surface area contributed by atoms with Gasteiger partial charge in [-0.2, -0.15) is 5.10 Å². The van der Waals surface area contributed by atoms with E-state index in [1.54, 1.807) is 12.1 Å². The fourth-order valence-electron chi connectivity index (χ4n) is 3.24. The molecule has 0 atom stereocenters. The number of carbonyl (C=O) groups excluding carboxylic acids is 1. The van der Waals surface area contributed by atoms with E-state index in [-0.39, 0.29) is 16.7 Å². The second-order valence-corrected chi connectivity index (χ2v) is 10.3. The van der Waals surface area contributed by atoms with Crippen molar-refractivity contribution in [1.82, 2.24) is 15.1 Å². The molecule has 0 aliphatic heterocycles. The fraction of sp³-hybridized carbons (Fsp3) is 0.0833. The van der Waals surface area contributed by atoms with Crippen LogP contribution in [0.25, 0.3) is 17.3 Å². The maximum absolute atomic E-state index is 12.4. The molecule has 1 amide bonds. The van der Waals surface area contributed by atoms with Gasteiger partial charge >= 0.3 is 0 Å². The van der Waals surface area contributed by atoms with Gasteiger partial charge in [0, 0.05) is 28.3 Å². The number of nitrogens with one attached hydrogen (secondary N) is 1. The van der Waals surface area contributed by atoms with E-state index in [9.17, 15) is 13.2 Å². The summed E-state index contributed by atoms with van der Waals surface area (Å²) in [6.45, 7) is 0.827. The van der Waals surface area contributed by atoms with Crippen molar-refractivity contribution in [2.75, 3.05) is 0 Å². The summed E-state index contributed by atoms with van der Waals surface area (Å²) in [7, 11) is -3.74. The first-order valence-corrected chi connectivity index (χ1v) is 12.5. The van der Waals surface area contributed by atoms with Gasteiger partial charge < -0.3 is 5.32 Å². The molecular weight excluding hydrogens is 456 g/mol. The molecule has 33 heavy (non-hydrogen) atoms. The second kappa shape index (κ2) is 9.95. The molecule has 0 spiro atoms. The van der Waals surface area contributed by atoms with Gasteiger partial charge in [0.05, 0.1) is 18.8 Å². The Bertz CT molecular complexity index is 1380.